The summed E-state index contributed by atoms with van der Waals surface area (Å²) >= 11 is 1.60. The molecule has 0 fully saturated rings. The van der Waals surface area contributed by atoms with Gasteiger partial charge in [0.15, 0.2) is 4.90 Å². The topological polar surface area (TPSA) is 115 Å². The van der Waals surface area contributed by atoms with Crippen molar-refractivity contribution in [2.24, 2.45) is 5.14 Å². The molecule has 0 aliphatic heterocycles. The summed E-state index contributed by atoms with van der Waals surface area (Å²) in [6.07, 6.45) is 0.979. The van der Waals surface area contributed by atoms with Crippen molar-refractivity contribution in [2.75, 3.05) is 11.5 Å². The second kappa shape index (κ2) is 5.52. The van der Waals surface area contributed by atoms with Crippen LogP contribution in [0, 0.1) is 0 Å². The van der Waals surface area contributed by atoms with Crippen molar-refractivity contribution in [1.82, 2.24) is 9.55 Å². The van der Waals surface area contributed by atoms with Crippen LogP contribution < -0.4 is 16.4 Å². The van der Waals surface area contributed by atoms with E-state index >= 15 is 0 Å². The van der Waals surface area contributed by atoms with E-state index in [4.69, 9.17) is 5.14 Å². The Balaban J connectivity index is 3.16. The van der Waals surface area contributed by atoms with Gasteiger partial charge in [0.25, 0.3) is 5.56 Å². The van der Waals surface area contributed by atoms with Crippen LogP contribution in [0.3, 0.4) is 0 Å². The molecule has 1 aromatic rings. The van der Waals surface area contributed by atoms with E-state index in [0.717, 1.165) is 16.5 Å². The zero-order valence-electron chi connectivity index (χ0n) is 9.17. The molecule has 3 N–H and O–H groups in total. The lowest BCUT2D eigenvalue weighted by atomic mass is 10.6. The van der Waals surface area contributed by atoms with Crippen LogP contribution in [0.15, 0.2) is 20.7 Å². The highest BCUT2D eigenvalue weighted by atomic mass is 32.2. The molecular formula is C8H13N3O4S2. The summed E-state index contributed by atoms with van der Waals surface area (Å²) in [5.74, 6) is 1.53. The van der Waals surface area contributed by atoms with E-state index in [0.29, 0.717) is 12.3 Å². The lowest BCUT2D eigenvalue weighted by Crippen LogP contribution is -2.35. The molecule has 1 rings (SSSR count). The minimum Gasteiger partial charge on any atom is -0.298 e. The van der Waals surface area contributed by atoms with Crippen LogP contribution in [0.4, 0.5) is 0 Å². The van der Waals surface area contributed by atoms with Crippen LogP contribution in [-0.4, -0.2) is 29.5 Å². The molecule has 0 atom stereocenters. The third-order valence-electron chi connectivity index (χ3n) is 1.97. The van der Waals surface area contributed by atoms with Crippen LogP contribution >= 0.6 is 11.8 Å². The molecule has 1 aromatic heterocycles. The molecule has 1 heterocycles. The molecule has 96 valence electrons. The van der Waals surface area contributed by atoms with E-state index in [2.05, 4.69) is 0 Å². The highest BCUT2D eigenvalue weighted by molar-refractivity contribution is 7.99. The first-order valence-electron chi connectivity index (χ1n) is 4.80. The predicted molar refractivity (Wildman–Crippen MR) is 65.7 cm³/mol. The fraction of sp³-hybridized carbons (Fsp3) is 0.500. The Kier molecular flexibility index (Phi) is 4.54. The van der Waals surface area contributed by atoms with Crippen molar-refractivity contribution in [2.45, 2.75) is 18.4 Å². The van der Waals surface area contributed by atoms with Gasteiger partial charge in [-0.3, -0.25) is 14.3 Å². The number of aromatic nitrogens is 2. The van der Waals surface area contributed by atoms with Gasteiger partial charge in [0.1, 0.15) is 0 Å². The average Bonchev–Trinajstić information content (AvgIpc) is 2.19. The molecule has 0 bridgehead atoms. The van der Waals surface area contributed by atoms with Gasteiger partial charge in [-0.25, -0.2) is 18.4 Å². The van der Waals surface area contributed by atoms with Crippen molar-refractivity contribution in [3.8, 4) is 0 Å². The lowest BCUT2D eigenvalue weighted by molar-refractivity contribution is 0.590. The number of hydrogen-bond donors (Lipinski definition) is 2. The van der Waals surface area contributed by atoms with Crippen LogP contribution in [0.25, 0.3) is 0 Å². The summed E-state index contributed by atoms with van der Waals surface area (Å²) in [5, 5.41) is 4.86. The number of nitrogens with zero attached hydrogens (tertiary/aromatic N) is 1. The number of H-pyrrole nitrogens is 1. The number of thioether (sulfide) groups is 1. The van der Waals surface area contributed by atoms with Crippen LogP contribution in [0.5, 0.6) is 0 Å². The Bertz CT molecular complexity index is 602. The quantitative estimate of drug-likeness (QED) is 0.666. The third-order valence-corrected chi connectivity index (χ3v) is 3.75. The zero-order valence-corrected chi connectivity index (χ0v) is 10.8. The first-order valence-corrected chi connectivity index (χ1v) is 7.50. The van der Waals surface area contributed by atoms with E-state index in [9.17, 15) is 18.0 Å². The van der Waals surface area contributed by atoms with Gasteiger partial charge < -0.3 is 0 Å². The molecule has 0 spiro atoms. The van der Waals surface area contributed by atoms with Gasteiger partial charge in [0, 0.05) is 18.5 Å². The van der Waals surface area contributed by atoms with Gasteiger partial charge >= 0.3 is 5.69 Å². The Morgan fingerprint density at radius 1 is 1.47 bits per heavy atom. The second-order valence-corrected chi connectivity index (χ2v) is 6.11. The smallest absolute Gasteiger partial charge is 0.298 e. The first-order chi connectivity index (χ1) is 7.86. The molecule has 0 aliphatic rings. The van der Waals surface area contributed by atoms with Gasteiger partial charge in [-0.1, -0.05) is 6.92 Å². The summed E-state index contributed by atoms with van der Waals surface area (Å²) < 4.78 is 23.3. The molecule has 0 aliphatic carbocycles. The molecule has 7 nitrogen and oxygen atoms in total. The first kappa shape index (κ1) is 14.0. The van der Waals surface area contributed by atoms with Crippen molar-refractivity contribution >= 4 is 21.8 Å². The number of hydrogen-bond acceptors (Lipinski definition) is 5. The predicted octanol–water partition coefficient (Wildman–Crippen LogP) is -1.06. The van der Waals surface area contributed by atoms with Gasteiger partial charge in [-0.15, -0.1) is 0 Å². The highest BCUT2D eigenvalue weighted by Crippen LogP contribution is 2.00. The number of rotatable bonds is 5. The van der Waals surface area contributed by atoms with Crippen molar-refractivity contribution in [1.29, 1.82) is 0 Å². The van der Waals surface area contributed by atoms with E-state index in [1.54, 1.807) is 11.8 Å². The number of aryl methyl sites for hydroxylation is 1. The van der Waals surface area contributed by atoms with Crippen LogP contribution in [0.2, 0.25) is 0 Å². The van der Waals surface area contributed by atoms with Gasteiger partial charge in [0.2, 0.25) is 10.0 Å². The van der Waals surface area contributed by atoms with Crippen molar-refractivity contribution in [3.63, 3.8) is 0 Å². The van der Waals surface area contributed by atoms with Crippen molar-refractivity contribution in [3.05, 3.63) is 27.0 Å². The normalized spacial score (nSPS) is 11.6. The summed E-state index contributed by atoms with van der Waals surface area (Å²) in [6.45, 7) is 2.28. The number of nitrogens with two attached hydrogens (primary N) is 1. The largest absolute Gasteiger partial charge is 0.328 e. The van der Waals surface area contributed by atoms with E-state index in [1.807, 2.05) is 11.9 Å². The standard InChI is InChI=1S/C8H13N3O4S2/c1-2-16-4-3-11-5-6(17(9,14)15)7(12)10-8(11)13/h5H,2-4H2,1H3,(H2,9,14,15)(H,10,12,13). The monoisotopic (exact) mass is 279 g/mol. The molecule has 0 radical (unpaired) electrons. The molecule has 0 amide bonds. The highest BCUT2D eigenvalue weighted by Gasteiger charge is 2.15. The average molecular weight is 279 g/mol. The summed E-state index contributed by atoms with van der Waals surface area (Å²) in [6, 6.07) is 0. The maximum absolute atomic E-state index is 11.4. The summed E-state index contributed by atoms with van der Waals surface area (Å²) in [4.78, 5) is 23.9. The van der Waals surface area contributed by atoms with Gasteiger partial charge in [-0.2, -0.15) is 11.8 Å². The molecule has 9 heteroatoms. The maximum Gasteiger partial charge on any atom is 0.328 e. The minimum absolute atomic E-state index is 0.316. The molecular weight excluding hydrogens is 266 g/mol. The Morgan fingerprint density at radius 2 is 2.12 bits per heavy atom. The summed E-state index contributed by atoms with van der Waals surface area (Å²) in [7, 11) is -4.11. The second-order valence-electron chi connectivity index (χ2n) is 3.19. The van der Waals surface area contributed by atoms with Gasteiger partial charge in [-0.05, 0) is 5.75 Å². The number of primary sulfonamides is 1. The SMILES string of the molecule is CCSCCn1cc(S(N)(=O)=O)c(=O)[nH]c1=O. The van der Waals surface area contributed by atoms with E-state index < -0.39 is 26.2 Å². The number of nitrogens with one attached hydrogen (secondary N) is 1. The van der Waals surface area contributed by atoms with E-state index in [-0.39, 0.29) is 0 Å². The molecule has 0 unspecified atom stereocenters. The number of sulfonamides is 1. The lowest BCUT2D eigenvalue weighted by Gasteiger charge is -2.05. The van der Waals surface area contributed by atoms with Crippen LogP contribution in [-0.2, 0) is 16.6 Å². The molecule has 17 heavy (non-hydrogen) atoms. The molecule has 0 saturated carbocycles. The Hall–Kier alpha value is -1.06. The summed E-state index contributed by atoms with van der Waals surface area (Å²) in [5.41, 5.74) is -1.63. The minimum atomic E-state index is -4.11. The van der Waals surface area contributed by atoms with Gasteiger partial charge in [0.05, 0.1) is 0 Å². The number of aromatic amines is 1. The molecule has 0 aromatic carbocycles. The third kappa shape index (κ3) is 3.72. The Labute approximate surface area is 102 Å². The van der Waals surface area contributed by atoms with E-state index in [1.165, 1.54) is 0 Å². The van der Waals surface area contributed by atoms with Crippen LogP contribution in [0.1, 0.15) is 6.92 Å². The fourth-order valence-corrected chi connectivity index (χ4v) is 2.36. The van der Waals surface area contributed by atoms with Crippen molar-refractivity contribution < 1.29 is 8.42 Å². The fourth-order valence-electron chi connectivity index (χ4n) is 1.17. The maximum atomic E-state index is 11.4. The molecule has 0 saturated heterocycles. The zero-order chi connectivity index (χ0) is 13.1. The Morgan fingerprint density at radius 3 is 2.65 bits per heavy atom.